The summed E-state index contributed by atoms with van der Waals surface area (Å²) in [5.74, 6) is 0. The Labute approximate surface area is 204 Å². The van der Waals surface area contributed by atoms with Crippen molar-refractivity contribution >= 4 is 50.0 Å². The molecule has 0 saturated carbocycles. The van der Waals surface area contributed by atoms with Crippen LogP contribution in [0.5, 0.6) is 0 Å². The summed E-state index contributed by atoms with van der Waals surface area (Å²) >= 11 is 6.14. The predicted octanol–water partition coefficient (Wildman–Crippen LogP) is 7.94. The zero-order valence-corrected chi connectivity index (χ0v) is 21.9. The summed E-state index contributed by atoms with van der Waals surface area (Å²) in [7, 11) is -0.975. The van der Waals surface area contributed by atoms with E-state index in [0.717, 1.165) is 46.9 Å². The van der Waals surface area contributed by atoms with Gasteiger partial charge in [-0.1, -0.05) is 68.8 Å². The van der Waals surface area contributed by atoms with Gasteiger partial charge in [0.15, 0.2) is 0 Å². The maximum Gasteiger partial charge on any atom is 0.206 e. The second kappa shape index (κ2) is 10.8. The Kier molecular flexibility index (Phi) is 8.27. The van der Waals surface area contributed by atoms with E-state index in [4.69, 9.17) is 21.0 Å². The number of aldehydes is 1. The molecule has 0 N–H and O–H groups in total. The zero-order chi connectivity index (χ0) is 24.1. The Balaban J connectivity index is 1.97. The lowest BCUT2D eigenvalue weighted by Crippen LogP contribution is -2.45. The van der Waals surface area contributed by atoms with Gasteiger partial charge in [0.2, 0.25) is 9.04 Å². The highest BCUT2D eigenvalue weighted by Gasteiger charge is 2.44. The predicted molar refractivity (Wildman–Crippen MR) is 142 cm³/mol. The van der Waals surface area contributed by atoms with Gasteiger partial charge < -0.3 is 9.22 Å². The van der Waals surface area contributed by atoms with E-state index in [1.807, 2.05) is 30.3 Å². The van der Waals surface area contributed by atoms with Crippen molar-refractivity contribution in [2.24, 2.45) is 5.41 Å². The first-order valence-electron chi connectivity index (χ1n) is 11.4. The molecule has 0 bridgehead atoms. The van der Waals surface area contributed by atoms with Crippen LogP contribution in [-0.4, -0.2) is 20.3 Å². The molecule has 33 heavy (non-hydrogen) atoms. The molecule has 173 valence electrons. The molecular weight excluding hydrogens is 446 g/mol. The van der Waals surface area contributed by atoms with Gasteiger partial charge >= 0.3 is 0 Å². The van der Waals surface area contributed by atoms with Crippen molar-refractivity contribution in [1.82, 2.24) is 4.98 Å². The Morgan fingerprint density at radius 2 is 1.79 bits per heavy atom. The Hall–Kier alpha value is -2.27. The number of halogens is 1. The molecular formula is C28H33ClNO2Si. The van der Waals surface area contributed by atoms with Crippen molar-refractivity contribution in [2.45, 2.75) is 58.7 Å². The zero-order valence-electron chi connectivity index (χ0n) is 20.2. The normalized spacial score (nSPS) is 14.2. The van der Waals surface area contributed by atoms with Crippen LogP contribution in [0, 0.1) is 5.41 Å². The lowest BCUT2D eigenvalue weighted by molar-refractivity contribution is -0.108. The summed E-state index contributed by atoms with van der Waals surface area (Å²) in [4.78, 5) is 15.7. The molecule has 1 heterocycles. The first-order valence-corrected chi connectivity index (χ1v) is 14.2. The minimum Gasteiger partial charge on any atom is -0.407 e. The number of pyridine rings is 1. The van der Waals surface area contributed by atoms with Crippen molar-refractivity contribution in [2.75, 3.05) is 0 Å². The van der Waals surface area contributed by atoms with E-state index in [1.54, 1.807) is 0 Å². The fourth-order valence-corrected chi connectivity index (χ4v) is 5.66. The van der Waals surface area contributed by atoms with Gasteiger partial charge in [-0.05, 0) is 72.8 Å². The van der Waals surface area contributed by atoms with E-state index in [9.17, 15) is 4.79 Å². The maximum atomic E-state index is 11.0. The summed E-state index contributed by atoms with van der Waals surface area (Å²) in [5.41, 5.74) is 3.44. The van der Waals surface area contributed by atoms with E-state index in [-0.39, 0.29) is 5.41 Å². The van der Waals surface area contributed by atoms with Crippen LogP contribution in [0.4, 0.5) is 0 Å². The molecule has 0 aliphatic rings. The minimum absolute atomic E-state index is 0.126. The number of carbonyl (C=O) groups is 1. The van der Waals surface area contributed by atoms with Crippen molar-refractivity contribution in [1.29, 1.82) is 0 Å². The molecule has 1 radical (unpaired) electrons. The third-order valence-electron chi connectivity index (χ3n) is 5.92. The van der Waals surface area contributed by atoms with Gasteiger partial charge in [0.25, 0.3) is 0 Å². The van der Waals surface area contributed by atoms with Crippen molar-refractivity contribution in [3.05, 3.63) is 76.4 Å². The number of hydrogen-bond acceptors (Lipinski definition) is 3. The second-order valence-electron chi connectivity index (χ2n) is 9.68. The first-order chi connectivity index (χ1) is 15.6. The minimum atomic E-state index is -0.975. The SMILES string of the molecule is C[Si](C)O[C@](CCCC=O)(c1cccc(/C=C/c2ccc3ccc(Cl)cc3n2)c1)C(C)(C)C. The van der Waals surface area contributed by atoms with Gasteiger partial charge in [-0.25, -0.2) is 4.98 Å². The number of carbonyl (C=O) groups excluding carboxylic acids is 1. The summed E-state index contributed by atoms with van der Waals surface area (Å²) < 4.78 is 6.75. The third kappa shape index (κ3) is 6.20. The maximum absolute atomic E-state index is 11.0. The Morgan fingerprint density at radius 3 is 2.48 bits per heavy atom. The summed E-state index contributed by atoms with van der Waals surface area (Å²) in [6.07, 6.45) is 7.28. The lowest BCUT2D eigenvalue weighted by atomic mass is 9.69. The van der Waals surface area contributed by atoms with E-state index < -0.39 is 14.6 Å². The largest absolute Gasteiger partial charge is 0.407 e. The number of fused-ring (bicyclic) bond motifs is 1. The lowest BCUT2D eigenvalue weighted by Gasteiger charge is -2.47. The summed E-state index contributed by atoms with van der Waals surface area (Å²) in [6.45, 7) is 11.0. The molecule has 0 spiro atoms. The molecule has 1 aromatic heterocycles. The fourth-order valence-electron chi connectivity index (χ4n) is 4.27. The molecule has 0 aliphatic heterocycles. The molecule has 3 aromatic rings. The van der Waals surface area contributed by atoms with Gasteiger partial charge in [0, 0.05) is 16.8 Å². The Morgan fingerprint density at radius 1 is 1.03 bits per heavy atom. The third-order valence-corrected chi connectivity index (χ3v) is 6.91. The molecule has 5 heteroatoms. The number of benzene rings is 2. The van der Waals surface area contributed by atoms with Crippen molar-refractivity contribution < 1.29 is 9.22 Å². The molecule has 3 nitrogen and oxygen atoms in total. The second-order valence-corrected chi connectivity index (χ2v) is 12.1. The highest BCUT2D eigenvalue weighted by molar-refractivity contribution is 6.48. The molecule has 0 aliphatic carbocycles. The van der Waals surface area contributed by atoms with Crippen molar-refractivity contribution in [3.63, 3.8) is 0 Å². The number of hydrogen-bond donors (Lipinski definition) is 0. The standard InChI is InChI=1S/C28H33ClNO2Si/c1-27(2,3)28(32-33(4)5,17-6-7-18-31)23-10-8-9-21(19-23)11-15-25-16-13-22-12-14-24(29)20-26(22)30-25/h8-16,18-20H,6-7,17H2,1-5H3/b15-11+/t28-/m1/s1. The number of nitrogens with zero attached hydrogens (tertiary/aromatic N) is 1. The summed E-state index contributed by atoms with van der Waals surface area (Å²) in [6, 6.07) is 18.4. The molecule has 3 rings (SSSR count). The van der Waals surface area contributed by atoms with Gasteiger partial charge in [-0.15, -0.1) is 0 Å². The number of unbranched alkanes of at least 4 members (excludes halogenated alkanes) is 1. The van der Waals surface area contributed by atoms with Crippen LogP contribution < -0.4 is 0 Å². The van der Waals surface area contributed by atoms with Crippen LogP contribution in [0.2, 0.25) is 18.1 Å². The topological polar surface area (TPSA) is 39.2 Å². The fraction of sp³-hybridized carbons (Fsp3) is 0.357. The van der Waals surface area contributed by atoms with Gasteiger partial charge in [-0.2, -0.15) is 0 Å². The van der Waals surface area contributed by atoms with E-state index in [1.165, 1.54) is 0 Å². The molecule has 0 unspecified atom stereocenters. The van der Waals surface area contributed by atoms with Crippen LogP contribution >= 0.6 is 11.6 Å². The molecule has 0 fully saturated rings. The van der Waals surface area contributed by atoms with Crippen LogP contribution in [-0.2, 0) is 14.8 Å². The number of rotatable bonds is 9. The smallest absolute Gasteiger partial charge is 0.206 e. The monoisotopic (exact) mass is 478 g/mol. The van der Waals surface area contributed by atoms with Crippen LogP contribution in [0.3, 0.4) is 0 Å². The highest BCUT2D eigenvalue weighted by Crippen LogP contribution is 2.47. The average Bonchev–Trinajstić information content (AvgIpc) is 2.76. The van der Waals surface area contributed by atoms with Gasteiger partial charge in [0.05, 0.1) is 16.8 Å². The number of aromatic nitrogens is 1. The van der Waals surface area contributed by atoms with Crippen molar-refractivity contribution in [3.8, 4) is 0 Å². The van der Waals surface area contributed by atoms with Crippen LogP contribution in [0.25, 0.3) is 23.1 Å². The van der Waals surface area contributed by atoms with Crippen LogP contribution in [0.1, 0.15) is 56.9 Å². The average molecular weight is 479 g/mol. The van der Waals surface area contributed by atoms with E-state index in [2.05, 4.69) is 70.3 Å². The van der Waals surface area contributed by atoms with E-state index in [0.29, 0.717) is 11.4 Å². The van der Waals surface area contributed by atoms with E-state index >= 15 is 0 Å². The summed E-state index contributed by atoms with van der Waals surface area (Å²) in [5, 5.41) is 1.75. The molecule has 0 amide bonds. The quantitative estimate of drug-likeness (QED) is 0.178. The molecule has 1 atom stereocenters. The Bertz CT molecular complexity index is 1140. The molecule has 0 saturated heterocycles. The highest BCUT2D eigenvalue weighted by atomic mass is 35.5. The van der Waals surface area contributed by atoms with Gasteiger partial charge in [0.1, 0.15) is 6.29 Å². The van der Waals surface area contributed by atoms with Gasteiger partial charge in [-0.3, -0.25) is 0 Å². The first kappa shape index (κ1) is 25.4. The van der Waals surface area contributed by atoms with Crippen LogP contribution in [0.15, 0.2) is 54.6 Å². The molecule has 2 aromatic carbocycles.